The van der Waals surface area contributed by atoms with E-state index < -0.39 is 0 Å². The number of methoxy groups -OCH3 is 1. The Kier molecular flexibility index (Phi) is 5.62. The van der Waals surface area contributed by atoms with Gasteiger partial charge in [0.25, 0.3) is 0 Å². The number of aryl methyl sites for hydroxylation is 1. The monoisotopic (exact) mass is 274 g/mol. The van der Waals surface area contributed by atoms with Crippen LogP contribution in [-0.4, -0.2) is 7.11 Å². The fourth-order valence-electron chi connectivity index (χ4n) is 2.91. The largest absolute Gasteiger partial charge is 0.496 e. The van der Waals surface area contributed by atoms with Gasteiger partial charge in [-0.25, -0.2) is 5.43 Å². The maximum atomic E-state index is 5.82. The zero-order valence-corrected chi connectivity index (χ0v) is 12.6. The van der Waals surface area contributed by atoms with Crippen LogP contribution in [0.5, 0.6) is 5.75 Å². The molecule has 0 fully saturated rings. The van der Waals surface area contributed by atoms with Gasteiger partial charge in [0.2, 0.25) is 0 Å². The summed E-state index contributed by atoms with van der Waals surface area (Å²) in [6, 6.07) is 6.44. The van der Waals surface area contributed by atoms with Crippen molar-refractivity contribution in [2.24, 2.45) is 5.84 Å². The Morgan fingerprint density at radius 1 is 1.20 bits per heavy atom. The van der Waals surface area contributed by atoms with Gasteiger partial charge in [-0.2, -0.15) is 0 Å². The van der Waals surface area contributed by atoms with Gasteiger partial charge in [0, 0.05) is 0 Å². The number of hydrogen-bond donors (Lipinski definition) is 2. The third-order valence-electron chi connectivity index (χ3n) is 4.13. The van der Waals surface area contributed by atoms with Gasteiger partial charge >= 0.3 is 0 Å². The van der Waals surface area contributed by atoms with Gasteiger partial charge in [0.15, 0.2) is 0 Å². The van der Waals surface area contributed by atoms with E-state index in [0.29, 0.717) is 0 Å². The molecule has 0 saturated carbocycles. The minimum Gasteiger partial charge on any atom is -0.496 e. The lowest BCUT2D eigenvalue weighted by Crippen LogP contribution is -2.29. The highest BCUT2D eigenvalue weighted by Gasteiger charge is 2.17. The minimum atomic E-state index is 0.0996. The van der Waals surface area contributed by atoms with Crippen molar-refractivity contribution in [2.75, 3.05) is 7.11 Å². The lowest BCUT2D eigenvalue weighted by molar-refractivity contribution is 0.410. The molecule has 1 atom stereocenters. The van der Waals surface area contributed by atoms with Crippen LogP contribution in [0, 0.1) is 6.92 Å². The van der Waals surface area contributed by atoms with Crippen LogP contribution in [0.3, 0.4) is 0 Å². The van der Waals surface area contributed by atoms with Crippen molar-refractivity contribution in [3.8, 4) is 5.75 Å². The Hall–Kier alpha value is -1.32. The standard InChI is InChI=1S/C17H26N2O/c1-13-10-11-15(12-16(13)20-2)17(19-18)14-8-6-4-3-5-7-9-14/h8,10-12,17,19H,3-7,9,18H2,1-2H3/b14-8+. The van der Waals surface area contributed by atoms with Crippen LogP contribution in [-0.2, 0) is 0 Å². The zero-order valence-electron chi connectivity index (χ0n) is 12.6. The topological polar surface area (TPSA) is 47.3 Å². The van der Waals surface area contributed by atoms with Crippen LogP contribution >= 0.6 is 0 Å². The molecule has 0 bridgehead atoms. The predicted molar refractivity (Wildman–Crippen MR) is 83.6 cm³/mol. The van der Waals surface area contributed by atoms with Crippen LogP contribution in [0.1, 0.15) is 55.7 Å². The zero-order chi connectivity index (χ0) is 14.4. The molecule has 0 aromatic heterocycles. The van der Waals surface area contributed by atoms with Gasteiger partial charge in [-0.05, 0) is 49.8 Å². The van der Waals surface area contributed by atoms with E-state index in [0.717, 1.165) is 24.2 Å². The molecule has 2 rings (SSSR count). The number of nitrogens with two attached hydrogens (primary N) is 1. The molecule has 0 aliphatic heterocycles. The molecule has 1 unspecified atom stereocenters. The van der Waals surface area contributed by atoms with Gasteiger partial charge in [-0.15, -0.1) is 0 Å². The SMILES string of the molecule is COc1cc(C(NN)/C2=C/CCCCCC2)ccc1C. The first-order valence-electron chi connectivity index (χ1n) is 7.56. The van der Waals surface area contributed by atoms with E-state index in [1.165, 1.54) is 36.8 Å². The van der Waals surface area contributed by atoms with Crippen LogP contribution in [0.2, 0.25) is 0 Å². The van der Waals surface area contributed by atoms with Gasteiger partial charge in [0.05, 0.1) is 13.2 Å². The Labute approximate surface area is 122 Å². The van der Waals surface area contributed by atoms with Crippen molar-refractivity contribution in [1.29, 1.82) is 0 Å². The summed E-state index contributed by atoms with van der Waals surface area (Å²) in [5.74, 6) is 6.75. The van der Waals surface area contributed by atoms with Gasteiger partial charge in [-0.1, -0.05) is 36.6 Å². The van der Waals surface area contributed by atoms with Crippen LogP contribution < -0.4 is 16.0 Å². The fraction of sp³-hybridized carbons (Fsp3) is 0.529. The highest BCUT2D eigenvalue weighted by atomic mass is 16.5. The highest BCUT2D eigenvalue weighted by Crippen LogP contribution is 2.31. The Balaban J connectivity index is 2.26. The summed E-state index contributed by atoms with van der Waals surface area (Å²) in [7, 11) is 1.71. The predicted octanol–water partition coefficient (Wildman–Crippen LogP) is 3.79. The van der Waals surface area contributed by atoms with E-state index >= 15 is 0 Å². The minimum absolute atomic E-state index is 0.0996. The molecule has 1 aromatic rings. The molecule has 0 amide bonds. The van der Waals surface area contributed by atoms with Gasteiger partial charge in [0.1, 0.15) is 5.75 Å². The first-order valence-corrected chi connectivity index (χ1v) is 7.56. The summed E-state index contributed by atoms with van der Waals surface area (Å²) in [6.07, 6.45) is 9.89. The molecule has 1 aromatic carbocycles. The van der Waals surface area contributed by atoms with E-state index in [1.807, 2.05) is 0 Å². The average Bonchev–Trinajstić information content (AvgIpc) is 2.43. The summed E-state index contributed by atoms with van der Waals surface area (Å²) < 4.78 is 5.42. The molecular formula is C17H26N2O. The highest BCUT2D eigenvalue weighted by molar-refractivity contribution is 5.40. The summed E-state index contributed by atoms with van der Waals surface area (Å²) in [5, 5.41) is 0. The molecule has 3 nitrogen and oxygen atoms in total. The van der Waals surface area contributed by atoms with Crippen molar-refractivity contribution in [1.82, 2.24) is 5.43 Å². The number of hydrogen-bond acceptors (Lipinski definition) is 3. The molecule has 3 N–H and O–H groups in total. The second kappa shape index (κ2) is 7.46. The van der Waals surface area contributed by atoms with Crippen molar-refractivity contribution < 1.29 is 4.74 Å². The molecule has 3 heteroatoms. The molecule has 110 valence electrons. The fourth-order valence-corrected chi connectivity index (χ4v) is 2.91. The van der Waals surface area contributed by atoms with Crippen molar-refractivity contribution in [3.05, 3.63) is 41.0 Å². The second-order valence-corrected chi connectivity index (χ2v) is 5.56. The molecule has 1 aliphatic carbocycles. The van der Waals surface area contributed by atoms with Crippen molar-refractivity contribution in [3.63, 3.8) is 0 Å². The Morgan fingerprint density at radius 2 is 2.00 bits per heavy atom. The number of ether oxygens (including phenoxy) is 1. The number of allylic oxidation sites excluding steroid dienone is 1. The van der Waals surface area contributed by atoms with E-state index in [9.17, 15) is 0 Å². The van der Waals surface area contributed by atoms with Crippen molar-refractivity contribution >= 4 is 0 Å². The number of nitrogens with one attached hydrogen (secondary N) is 1. The molecule has 1 aliphatic rings. The first kappa shape index (κ1) is 15.1. The molecule has 0 spiro atoms. The average molecular weight is 274 g/mol. The third kappa shape index (κ3) is 3.62. The molecular weight excluding hydrogens is 248 g/mol. The first-order chi connectivity index (χ1) is 9.76. The molecule has 20 heavy (non-hydrogen) atoms. The summed E-state index contributed by atoms with van der Waals surface area (Å²) >= 11 is 0. The summed E-state index contributed by atoms with van der Waals surface area (Å²) in [4.78, 5) is 0. The smallest absolute Gasteiger partial charge is 0.122 e. The Morgan fingerprint density at radius 3 is 2.75 bits per heavy atom. The second-order valence-electron chi connectivity index (χ2n) is 5.56. The van der Waals surface area contributed by atoms with E-state index in [4.69, 9.17) is 10.6 Å². The third-order valence-corrected chi connectivity index (χ3v) is 4.13. The van der Waals surface area contributed by atoms with Crippen LogP contribution in [0.4, 0.5) is 0 Å². The maximum Gasteiger partial charge on any atom is 0.122 e. The quantitative estimate of drug-likeness (QED) is 0.499. The van der Waals surface area contributed by atoms with Crippen LogP contribution in [0.25, 0.3) is 0 Å². The van der Waals surface area contributed by atoms with Crippen LogP contribution in [0.15, 0.2) is 29.8 Å². The lowest BCUT2D eigenvalue weighted by Gasteiger charge is -2.23. The molecule has 0 saturated heterocycles. The van der Waals surface area contributed by atoms with Gasteiger partial charge < -0.3 is 4.74 Å². The summed E-state index contributed by atoms with van der Waals surface area (Å²) in [6.45, 7) is 2.06. The maximum absolute atomic E-state index is 5.82. The number of rotatable bonds is 4. The van der Waals surface area contributed by atoms with E-state index in [-0.39, 0.29) is 6.04 Å². The number of benzene rings is 1. The summed E-state index contributed by atoms with van der Waals surface area (Å²) in [5.41, 5.74) is 6.73. The normalized spacial score (nSPS) is 20.4. The Bertz CT molecular complexity index is 468. The number of hydrazine groups is 1. The van der Waals surface area contributed by atoms with E-state index in [2.05, 4.69) is 36.6 Å². The van der Waals surface area contributed by atoms with E-state index in [1.54, 1.807) is 7.11 Å². The lowest BCUT2D eigenvalue weighted by atomic mass is 9.91. The van der Waals surface area contributed by atoms with Gasteiger partial charge in [-0.3, -0.25) is 5.84 Å². The molecule has 0 radical (unpaired) electrons. The van der Waals surface area contributed by atoms with Crippen molar-refractivity contribution in [2.45, 2.75) is 51.5 Å². The molecule has 0 heterocycles.